The molecule has 2 N–H and O–H groups in total. The van der Waals surface area contributed by atoms with E-state index in [1.807, 2.05) is 0 Å². The van der Waals surface area contributed by atoms with Crippen LogP contribution in [0.25, 0.3) is 0 Å². The topological polar surface area (TPSA) is 120 Å². The fourth-order valence-electron chi connectivity index (χ4n) is 2.05. The molecule has 0 aromatic carbocycles. The smallest absolute Gasteiger partial charge is 0.380 e. The molecule has 1 aromatic rings. The van der Waals surface area contributed by atoms with Gasteiger partial charge in [-0.1, -0.05) is 0 Å². The highest BCUT2D eigenvalue weighted by molar-refractivity contribution is 8.05. The number of ether oxygens (including phenoxy) is 1. The summed E-state index contributed by atoms with van der Waals surface area (Å²) in [6, 6.07) is 2.73. The maximum Gasteiger partial charge on any atom is 0.380 e. The number of aliphatic hydroxyl groups excluding tert-OH is 2. The lowest BCUT2D eigenvalue weighted by atomic mass is 10.1. The molecule has 0 radical (unpaired) electrons. The number of aliphatic hydroxyl groups is 2. The highest BCUT2D eigenvalue weighted by atomic mass is 35.9. The normalized spacial score (nSPS) is 28.7. The van der Waals surface area contributed by atoms with Crippen LogP contribution in [0.2, 0.25) is 0 Å². The Morgan fingerprint density at radius 3 is 2.73 bits per heavy atom. The number of halogens is 2. The molecule has 0 saturated carbocycles. The van der Waals surface area contributed by atoms with Crippen molar-refractivity contribution in [2.45, 2.75) is 24.5 Å². The molecule has 4 atom stereocenters. The third kappa shape index (κ3) is 4.17. The van der Waals surface area contributed by atoms with E-state index in [1.54, 1.807) is 0 Å². The summed E-state index contributed by atoms with van der Waals surface area (Å²) < 4.78 is 22.4. The van der Waals surface area contributed by atoms with E-state index >= 15 is 0 Å². The van der Waals surface area contributed by atoms with Gasteiger partial charge in [-0.05, 0) is 28.5 Å². The van der Waals surface area contributed by atoms with Gasteiger partial charge in [0.25, 0.3) is 6.23 Å². The minimum absolute atomic E-state index is 0.126. The van der Waals surface area contributed by atoms with E-state index in [9.17, 15) is 24.7 Å². The second kappa shape index (κ2) is 6.80. The van der Waals surface area contributed by atoms with Gasteiger partial charge in [0.15, 0.2) is 18.5 Å². The molecule has 1 aliphatic heterocycles. The summed E-state index contributed by atoms with van der Waals surface area (Å²) >= 11 is 10.5. The van der Waals surface area contributed by atoms with Crippen molar-refractivity contribution >= 4 is 34.5 Å². The predicted molar refractivity (Wildman–Crippen MR) is 72.2 cm³/mol. The highest BCUT2D eigenvalue weighted by Gasteiger charge is 2.48. The molecule has 0 bridgehead atoms. The maximum absolute atomic E-state index is 11.1. The van der Waals surface area contributed by atoms with Crippen molar-refractivity contribution in [3.8, 4) is 0 Å². The Bertz CT molecular complexity index is 610. The summed E-state index contributed by atoms with van der Waals surface area (Å²) in [5, 5.41) is 30.7. The van der Waals surface area contributed by atoms with Gasteiger partial charge in [0.1, 0.15) is 12.2 Å². The van der Waals surface area contributed by atoms with Crippen molar-refractivity contribution in [2.24, 2.45) is 0 Å². The summed E-state index contributed by atoms with van der Waals surface area (Å²) in [7, 11) is 0. The van der Waals surface area contributed by atoms with Crippen LogP contribution in [-0.2, 0) is 13.8 Å². The standard InChI is InChI=1S/C11H12Cl2NO7P/c12-22(13,19)20-5-7-8(15)9(16)10(21-7)14-3-1-2-6(4-14)11(17)18/h1-4,7-10,15-16H,5H2/t7-,8-,9-,10-/m1/s1. The van der Waals surface area contributed by atoms with Crippen LogP contribution in [0.3, 0.4) is 0 Å². The number of nitrogens with zero attached hydrogens (tertiary/aromatic N) is 1. The number of carbonyl (C=O) groups is 1. The molecule has 11 heteroatoms. The lowest BCUT2D eigenvalue weighted by Gasteiger charge is -2.13. The highest BCUT2D eigenvalue weighted by Crippen LogP contribution is 2.57. The fraction of sp³-hybridized carbons (Fsp3) is 0.455. The monoisotopic (exact) mass is 371 g/mol. The zero-order valence-corrected chi connectivity index (χ0v) is 13.3. The van der Waals surface area contributed by atoms with Crippen LogP contribution in [0, 0.1) is 0 Å². The first-order chi connectivity index (χ1) is 10.2. The quantitative estimate of drug-likeness (QED) is 0.531. The minimum atomic E-state index is -3.80. The zero-order valence-electron chi connectivity index (χ0n) is 10.9. The number of aromatic nitrogens is 1. The molecule has 1 fully saturated rings. The first-order valence-electron chi connectivity index (χ1n) is 6.06. The molecule has 1 aliphatic rings. The van der Waals surface area contributed by atoms with E-state index in [2.05, 4.69) is 4.52 Å². The zero-order chi connectivity index (χ0) is 16.5. The molecule has 0 aliphatic carbocycles. The van der Waals surface area contributed by atoms with Gasteiger partial charge in [0, 0.05) is 6.07 Å². The fourth-order valence-corrected chi connectivity index (χ4v) is 2.70. The van der Waals surface area contributed by atoms with E-state index in [-0.39, 0.29) is 5.56 Å². The van der Waals surface area contributed by atoms with Crippen LogP contribution >= 0.6 is 28.6 Å². The van der Waals surface area contributed by atoms with E-state index in [0.717, 1.165) is 0 Å². The Morgan fingerprint density at radius 2 is 2.14 bits per heavy atom. The summed E-state index contributed by atoms with van der Waals surface area (Å²) in [6.07, 6.45) is -5.98. The second-order valence-electron chi connectivity index (χ2n) is 4.58. The molecule has 2 rings (SSSR count). The minimum Gasteiger partial charge on any atom is -0.545 e. The van der Waals surface area contributed by atoms with Crippen molar-refractivity contribution in [1.82, 2.24) is 0 Å². The van der Waals surface area contributed by atoms with Crippen molar-refractivity contribution in [2.75, 3.05) is 6.61 Å². The first-order valence-corrected chi connectivity index (χ1v) is 9.50. The van der Waals surface area contributed by atoms with Gasteiger partial charge in [0.2, 0.25) is 0 Å². The predicted octanol–water partition coefficient (Wildman–Crippen LogP) is -0.441. The van der Waals surface area contributed by atoms with Crippen LogP contribution in [-0.4, -0.2) is 41.1 Å². The Balaban J connectivity index is 2.14. The van der Waals surface area contributed by atoms with Crippen LogP contribution in [0.1, 0.15) is 16.6 Å². The van der Waals surface area contributed by atoms with E-state index in [0.29, 0.717) is 0 Å². The number of carboxylic acid groups (broad SMARTS) is 1. The number of aromatic carboxylic acids is 1. The molecule has 2 heterocycles. The third-order valence-corrected chi connectivity index (χ3v) is 4.11. The Morgan fingerprint density at radius 1 is 1.45 bits per heavy atom. The van der Waals surface area contributed by atoms with Crippen molar-refractivity contribution < 1.29 is 38.5 Å². The van der Waals surface area contributed by atoms with Crippen LogP contribution in [0.15, 0.2) is 24.5 Å². The SMILES string of the molecule is O=C([O-])c1ccc[n+]([C@@H]2O[C@H](COP(=O)(Cl)Cl)[C@@H](O)[C@H]2O)c1. The largest absolute Gasteiger partial charge is 0.545 e. The number of rotatable bonds is 5. The summed E-state index contributed by atoms with van der Waals surface area (Å²) in [5.74, 6) is -1.40. The Kier molecular flexibility index (Phi) is 5.45. The van der Waals surface area contributed by atoms with Crippen molar-refractivity contribution in [1.29, 1.82) is 0 Å². The molecule has 1 saturated heterocycles. The molecule has 22 heavy (non-hydrogen) atoms. The Labute approximate surface area is 134 Å². The Hall–Kier alpha value is -0.730. The molecular formula is C11H12Cl2NO7P. The first kappa shape index (κ1) is 17.6. The van der Waals surface area contributed by atoms with Crippen molar-refractivity contribution in [3.05, 3.63) is 30.1 Å². The van der Waals surface area contributed by atoms with Crippen molar-refractivity contribution in [3.63, 3.8) is 0 Å². The van der Waals surface area contributed by atoms with Gasteiger partial charge in [0.05, 0.1) is 18.1 Å². The van der Waals surface area contributed by atoms with Gasteiger partial charge in [-0.15, -0.1) is 0 Å². The van der Waals surface area contributed by atoms with Gasteiger partial charge >= 0.3 is 6.07 Å². The molecule has 0 unspecified atom stereocenters. The molecule has 122 valence electrons. The lowest BCUT2D eigenvalue weighted by molar-refractivity contribution is -0.765. The number of hydrogen-bond acceptors (Lipinski definition) is 7. The molecular weight excluding hydrogens is 360 g/mol. The van der Waals surface area contributed by atoms with Gasteiger partial charge in [-0.2, -0.15) is 4.57 Å². The summed E-state index contributed by atoms with van der Waals surface area (Å²) in [6.45, 7) is -0.403. The van der Waals surface area contributed by atoms with Crippen LogP contribution in [0.5, 0.6) is 0 Å². The number of hydrogen-bond donors (Lipinski definition) is 2. The van der Waals surface area contributed by atoms with Gasteiger partial charge in [-0.25, -0.2) is 0 Å². The van der Waals surface area contributed by atoms with E-state index in [1.165, 1.54) is 29.1 Å². The average molecular weight is 372 g/mol. The number of carboxylic acids is 1. The van der Waals surface area contributed by atoms with Gasteiger partial charge in [-0.3, -0.25) is 4.57 Å². The van der Waals surface area contributed by atoms with Crippen LogP contribution in [0.4, 0.5) is 0 Å². The molecule has 0 amide bonds. The summed E-state index contributed by atoms with van der Waals surface area (Å²) in [4.78, 5) is 10.8. The van der Waals surface area contributed by atoms with E-state index < -0.39 is 43.2 Å². The number of pyridine rings is 1. The third-order valence-electron chi connectivity index (χ3n) is 3.08. The summed E-state index contributed by atoms with van der Waals surface area (Å²) in [5.41, 5.74) is -0.126. The van der Waals surface area contributed by atoms with Crippen LogP contribution < -0.4 is 9.67 Å². The van der Waals surface area contributed by atoms with E-state index in [4.69, 9.17) is 27.2 Å². The maximum atomic E-state index is 11.1. The van der Waals surface area contributed by atoms with Gasteiger partial charge < -0.3 is 29.4 Å². The second-order valence-corrected chi connectivity index (χ2v) is 8.86. The number of carbonyl (C=O) groups excluding carboxylic acids is 1. The lowest BCUT2D eigenvalue weighted by Crippen LogP contribution is -2.46. The molecule has 8 nitrogen and oxygen atoms in total. The average Bonchev–Trinajstić information content (AvgIpc) is 2.72. The molecule has 1 aromatic heterocycles. The molecule has 0 spiro atoms.